The van der Waals surface area contributed by atoms with Gasteiger partial charge in [-0.25, -0.2) is 0 Å². The number of anilines is 4. The fourth-order valence-electron chi connectivity index (χ4n) is 9.17. The summed E-state index contributed by atoms with van der Waals surface area (Å²) in [7, 11) is 7.85. The fraction of sp³-hybridized carbons (Fsp3) is 0.161. The van der Waals surface area contributed by atoms with E-state index in [9.17, 15) is 0 Å². The Balaban J connectivity index is 0.816. The topological polar surface area (TPSA) is 90.7 Å². The Labute approximate surface area is 432 Å². The molecule has 370 valence electrons. The summed E-state index contributed by atoms with van der Waals surface area (Å²) in [4.78, 5) is 0. The molecule has 0 amide bonds. The van der Waals surface area contributed by atoms with Crippen LogP contribution in [0.15, 0.2) is 215 Å². The standard InChI is InChI=1S/C62H60N10O2/c1-67(51-17-9-5-10-18-51)63-43-47-25-29-59-55(39-47)56-40-48(44-64-68(2)52-19-11-6-12-20-52)26-30-60(56)71(59)33-35-73-37-38-74-36-34-72-61-31-27-49(45-65-69(3)53-21-13-7-14-22-53)41-57(61)58-42-50(28-32-62(58)72)46-66-70(4)54-23-15-8-16-24-54/h5-32,39-46H,33-38H2,1-4H3/b63-43+,64-44+,65-45+,66-46+. The molecule has 8 aromatic carbocycles. The number of nitrogens with zero attached hydrogens (tertiary/aromatic N) is 10. The van der Waals surface area contributed by atoms with Gasteiger partial charge in [-0.15, -0.1) is 0 Å². The van der Waals surface area contributed by atoms with Crippen LogP contribution < -0.4 is 20.0 Å². The molecular weight excluding hydrogens is 917 g/mol. The molecule has 2 heterocycles. The lowest BCUT2D eigenvalue weighted by atomic mass is 10.1. The average molecular weight is 977 g/mol. The molecule has 0 saturated heterocycles. The summed E-state index contributed by atoms with van der Waals surface area (Å²) in [5.41, 5.74) is 12.7. The van der Waals surface area contributed by atoms with Crippen molar-refractivity contribution in [3.05, 3.63) is 216 Å². The monoisotopic (exact) mass is 976 g/mol. The Morgan fingerprint density at radius 3 is 0.811 bits per heavy atom. The van der Waals surface area contributed by atoms with Crippen molar-refractivity contribution in [2.24, 2.45) is 20.4 Å². The molecule has 0 saturated carbocycles. The van der Waals surface area contributed by atoms with Crippen LogP contribution in [0.4, 0.5) is 22.7 Å². The molecular formula is C62H60N10O2. The smallest absolute Gasteiger partial charge is 0.0701 e. The zero-order valence-corrected chi connectivity index (χ0v) is 42.3. The van der Waals surface area contributed by atoms with Crippen LogP contribution in [0, 0.1) is 0 Å². The van der Waals surface area contributed by atoms with Crippen LogP contribution in [0.5, 0.6) is 0 Å². The van der Waals surface area contributed by atoms with E-state index in [1.165, 1.54) is 0 Å². The lowest BCUT2D eigenvalue weighted by Crippen LogP contribution is -2.12. The number of hydrazone groups is 4. The summed E-state index contributed by atoms with van der Waals surface area (Å²) >= 11 is 0. The van der Waals surface area contributed by atoms with Crippen molar-refractivity contribution < 1.29 is 9.47 Å². The largest absolute Gasteiger partial charge is 0.377 e. The molecule has 0 aliphatic heterocycles. The Hall–Kier alpha value is -8.84. The van der Waals surface area contributed by atoms with Crippen molar-refractivity contribution in [1.29, 1.82) is 0 Å². The van der Waals surface area contributed by atoms with Gasteiger partial charge < -0.3 is 18.6 Å². The maximum Gasteiger partial charge on any atom is 0.0701 e. The third-order valence-corrected chi connectivity index (χ3v) is 13.2. The zero-order chi connectivity index (χ0) is 50.6. The normalized spacial score (nSPS) is 12.0. The Kier molecular flexibility index (Phi) is 15.3. The van der Waals surface area contributed by atoms with Crippen LogP contribution >= 0.6 is 0 Å². The van der Waals surface area contributed by atoms with Crippen LogP contribution in [0.2, 0.25) is 0 Å². The number of benzene rings is 8. The maximum absolute atomic E-state index is 6.27. The molecule has 74 heavy (non-hydrogen) atoms. The predicted octanol–water partition coefficient (Wildman–Crippen LogP) is 12.5. The van der Waals surface area contributed by atoms with E-state index in [4.69, 9.17) is 29.9 Å². The number of para-hydroxylation sites is 4. The van der Waals surface area contributed by atoms with Gasteiger partial charge in [-0.2, -0.15) is 20.4 Å². The van der Waals surface area contributed by atoms with E-state index in [1.807, 2.05) is 194 Å². The third kappa shape index (κ3) is 11.4. The molecule has 2 aromatic heterocycles. The van der Waals surface area contributed by atoms with Gasteiger partial charge in [0.25, 0.3) is 0 Å². The Morgan fingerprint density at radius 1 is 0.324 bits per heavy atom. The van der Waals surface area contributed by atoms with Crippen LogP contribution in [0.1, 0.15) is 22.3 Å². The van der Waals surface area contributed by atoms with E-state index in [0.29, 0.717) is 39.5 Å². The molecule has 0 fully saturated rings. The minimum Gasteiger partial charge on any atom is -0.377 e. The van der Waals surface area contributed by atoms with Crippen molar-refractivity contribution in [2.75, 3.05) is 74.7 Å². The van der Waals surface area contributed by atoms with E-state index in [0.717, 1.165) is 88.6 Å². The summed E-state index contributed by atoms with van der Waals surface area (Å²) in [6, 6.07) is 66.7. The van der Waals surface area contributed by atoms with Crippen molar-refractivity contribution in [2.45, 2.75) is 13.1 Å². The Bertz CT molecular complexity index is 3130. The highest BCUT2D eigenvalue weighted by molar-refractivity contribution is 6.12. The Morgan fingerprint density at radius 2 is 0.568 bits per heavy atom. The summed E-state index contributed by atoms with van der Waals surface area (Å²) in [6.45, 7) is 3.39. The second-order valence-electron chi connectivity index (χ2n) is 18.0. The minimum absolute atomic E-state index is 0.482. The van der Waals surface area contributed by atoms with E-state index in [2.05, 4.69) is 81.9 Å². The van der Waals surface area contributed by atoms with Gasteiger partial charge in [0.1, 0.15) is 0 Å². The summed E-state index contributed by atoms with van der Waals surface area (Å²) in [6.07, 6.45) is 7.66. The second-order valence-corrected chi connectivity index (χ2v) is 18.0. The molecule has 10 aromatic rings. The lowest BCUT2D eigenvalue weighted by molar-refractivity contribution is 0.0431. The highest BCUT2D eigenvalue weighted by Crippen LogP contribution is 2.32. The minimum atomic E-state index is 0.482. The highest BCUT2D eigenvalue weighted by atomic mass is 16.5. The fourth-order valence-corrected chi connectivity index (χ4v) is 9.17. The lowest BCUT2D eigenvalue weighted by Gasteiger charge is -2.12. The van der Waals surface area contributed by atoms with E-state index >= 15 is 0 Å². The third-order valence-electron chi connectivity index (χ3n) is 13.2. The van der Waals surface area contributed by atoms with Crippen molar-refractivity contribution in [3.8, 4) is 0 Å². The number of fused-ring (bicyclic) bond motifs is 6. The molecule has 0 aliphatic rings. The number of ether oxygens (including phenoxy) is 2. The first-order valence-electron chi connectivity index (χ1n) is 24.9. The van der Waals surface area contributed by atoms with Gasteiger partial charge in [0.05, 0.1) is 74.0 Å². The van der Waals surface area contributed by atoms with E-state index in [-0.39, 0.29) is 0 Å². The van der Waals surface area contributed by atoms with Gasteiger partial charge in [0, 0.05) is 84.9 Å². The first-order valence-corrected chi connectivity index (χ1v) is 24.9. The van der Waals surface area contributed by atoms with Gasteiger partial charge in [-0.3, -0.25) is 20.0 Å². The second kappa shape index (κ2) is 23.1. The highest BCUT2D eigenvalue weighted by Gasteiger charge is 2.15. The maximum atomic E-state index is 6.27. The molecule has 0 unspecified atom stereocenters. The molecule has 0 aliphatic carbocycles. The van der Waals surface area contributed by atoms with Gasteiger partial charge in [-0.1, -0.05) is 97.1 Å². The number of hydrogen-bond acceptors (Lipinski definition) is 10. The summed E-state index contributed by atoms with van der Waals surface area (Å²) in [5, 5.41) is 31.2. The predicted molar refractivity (Wildman–Crippen MR) is 310 cm³/mol. The molecule has 0 bridgehead atoms. The molecule has 0 atom stereocenters. The van der Waals surface area contributed by atoms with Crippen LogP contribution in [-0.2, 0) is 22.6 Å². The summed E-state index contributed by atoms with van der Waals surface area (Å²) < 4.78 is 17.2. The van der Waals surface area contributed by atoms with Crippen LogP contribution in [0.25, 0.3) is 43.6 Å². The van der Waals surface area contributed by atoms with Crippen LogP contribution in [0.3, 0.4) is 0 Å². The van der Waals surface area contributed by atoms with Crippen molar-refractivity contribution in [3.63, 3.8) is 0 Å². The quantitative estimate of drug-likeness (QED) is 0.0405. The summed E-state index contributed by atoms with van der Waals surface area (Å²) in [5.74, 6) is 0. The first-order chi connectivity index (χ1) is 36.4. The number of aromatic nitrogens is 2. The molecule has 0 N–H and O–H groups in total. The molecule has 10 rings (SSSR count). The first kappa shape index (κ1) is 48.8. The van der Waals surface area contributed by atoms with Gasteiger partial charge in [0.15, 0.2) is 0 Å². The number of rotatable bonds is 21. The molecule has 0 spiro atoms. The molecule has 12 heteroatoms. The number of hydrogen-bond donors (Lipinski definition) is 0. The SMILES string of the molecule is CN(/N=C/c1ccc2c(c1)c1cc(/C=N/N(C)c3ccccc3)ccc1n2CCOCCOCCn1c2ccc(/C=N/N(C)c3ccccc3)cc2c2cc(/C=N/N(C)c3ccccc3)ccc21)c1ccccc1. The van der Waals surface area contributed by atoms with Gasteiger partial charge in [0.2, 0.25) is 0 Å². The van der Waals surface area contributed by atoms with Crippen molar-refractivity contribution >= 4 is 91.2 Å². The van der Waals surface area contributed by atoms with E-state index in [1.54, 1.807) is 0 Å². The van der Waals surface area contributed by atoms with Crippen LogP contribution in [-0.4, -0.2) is 88.6 Å². The molecule has 0 radical (unpaired) electrons. The average Bonchev–Trinajstić information content (AvgIpc) is 3.95. The van der Waals surface area contributed by atoms with E-state index < -0.39 is 0 Å². The molecule has 12 nitrogen and oxygen atoms in total. The van der Waals surface area contributed by atoms with Gasteiger partial charge >= 0.3 is 0 Å². The van der Waals surface area contributed by atoms with Crippen molar-refractivity contribution in [1.82, 2.24) is 9.13 Å². The van der Waals surface area contributed by atoms with Gasteiger partial charge in [-0.05, 0) is 119 Å². The zero-order valence-electron chi connectivity index (χ0n) is 42.3.